The second kappa shape index (κ2) is 43.6. The van der Waals surface area contributed by atoms with Crippen LogP contribution in [-0.2, 0) is 80.0 Å². The molecule has 0 unspecified atom stereocenters. The van der Waals surface area contributed by atoms with Gasteiger partial charge in [-0.25, -0.2) is 9.78 Å². The number of benzene rings is 1. The van der Waals surface area contributed by atoms with Crippen LogP contribution in [0.15, 0.2) is 52.8 Å². The van der Waals surface area contributed by atoms with Gasteiger partial charge in [0.2, 0.25) is 76.8 Å². The molecule has 5 rings (SSSR count). The number of hydrogen-bond donors (Lipinski definition) is 19. The number of aromatic nitrogens is 2. The Morgan fingerprint density at radius 3 is 1.60 bits per heavy atom. The summed E-state index contributed by atoms with van der Waals surface area (Å²) in [5.74, 6) is -12.2. The minimum absolute atomic E-state index is 0.00224. The Balaban J connectivity index is 1.25. The standard InChI is InChI=1S/C67H107N23O16/c1-37(2)30-45(84-56(96)43(17-9-25-76-66(71)72)82-61(101)51-21-13-29-90(51)64(104)44(18-10-26-77-67(73)74)83-54(94)41(69)22-23-52(70)92)57(97)87-48(35-91)59(99)85-46(32-40-33-75-36-79-40)58(98)81-42(16-7-8-24-68)55(95)78-34-53(93)88-27-11-19-49(88)60(100)80-38(3)63(103)89-28-12-20-50(89)62(102)86-47(65(105)106)31-39-14-5-4-6-15-39/h4-6,14-15,33,36-38,41-51,91H,7-13,16-32,34-35,68-69H2,1-3H3,(H2,70,92)(H,75,79)(H,78,95)(H,80,100)(H,81,98)(H,82,101)(H,83,94)(H,84,96)(H,85,99)(H,86,102)(H,87,97)(H,105,106)(H4,71,72,76)(H4,73,74,77)/t38-,41-,42-,43-,44-,45-,46-,47-,48-,49-,50-,51-/m0/s1. The predicted octanol–water partition coefficient (Wildman–Crippen LogP) is -6.87. The maximum absolute atomic E-state index is 14.5. The summed E-state index contributed by atoms with van der Waals surface area (Å²) in [6.07, 6.45) is 4.70. The van der Waals surface area contributed by atoms with E-state index in [1.54, 1.807) is 44.2 Å². The number of carbonyl (C=O) groups is 14. The Kier molecular flexibility index (Phi) is 35.4. The zero-order valence-electron chi connectivity index (χ0n) is 60.3. The number of aliphatic hydroxyl groups excluding tert-OH is 1. The summed E-state index contributed by atoms with van der Waals surface area (Å²) in [6, 6.07) is -6.91. The first-order valence-corrected chi connectivity index (χ1v) is 35.7. The van der Waals surface area contributed by atoms with Crippen LogP contribution in [0.5, 0.6) is 0 Å². The van der Waals surface area contributed by atoms with Gasteiger partial charge in [-0.2, -0.15) is 0 Å². The van der Waals surface area contributed by atoms with Gasteiger partial charge >= 0.3 is 5.97 Å². The number of carboxylic acids is 1. The van der Waals surface area contributed by atoms with Gasteiger partial charge in [0.15, 0.2) is 11.9 Å². The van der Waals surface area contributed by atoms with Gasteiger partial charge in [-0.3, -0.25) is 72.3 Å². The third-order valence-corrected chi connectivity index (χ3v) is 18.1. The largest absolute Gasteiger partial charge is 0.480 e. The number of nitrogens with two attached hydrogens (primary N) is 7. The molecule has 586 valence electrons. The Bertz CT molecular complexity index is 3390. The van der Waals surface area contributed by atoms with Crippen molar-refractivity contribution in [1.82, 2.24) is 72.5 Å². The molecule has 3 saturated heterocycles. The number of nitrogens with zero attached hydrogens (tertiary/aromatic N) is 6. The van der Waals surface area contributed by atoms with E-state index in [0.717, 1.165) is 0 Å². The molecule has 0 spiro atoms. The highest BCUT2D eigenvalue weighted by Crippen LogP contribution is 2.24. The van der Waals surface area contributed by atoms with Gasteiger partial charge in [0, 0.05) is 63.9 Å². The first kappa shape index (κ1) is 86.1. The van der Waals surface area contributed by atoms with Crippen molar-refractivity contribution in [1.29, 1.82) is 0 Å². The van der Waals surface area contributed by atoms with Crippen molar-refractivity contribution in [3.05, 3.63) is 54.1 Å². The number of amides is 13. The SMILES string of the molecule is CC(C)C[C@H](NC(=O)[C@H](CCCN=C(N)N)NC(=O)[C@@H]1CCCN1C(=O)[C@H](CCCN=C(N)N)NC(=O)[C@@H](N)CCC(N)=O)C(=O)N[C@@H](CO)C(=O)N[C@@H](Cc1cnc[nH]1)C(=O)N[C@@H](CCCCN)C(=O)NCC(=O)N1CCC[C@H]1C(=O)N[C@@H](C)C(=O)N1CCC[C@H]1C(=O)N[C@@H](Cc1ccccc1)C(=O)O. The van der Waals surface area contributed by atoms with Crippen LogP contribution < -0.4 is 88.0 Å². The van der Waals surface area contributed by atoms with Crippen LogP contribution in [0.4, 0.5) is 0 Å². The topological polar surface area (TPSA) is 633 Å². The number of aliphatic imine (C=N–C) groups is 2. The lowest BCUT2D eigenvalue weighted by Crippen LogP contribution is -2.61. The van der Waals surface area contributed by atoms with E-state index in [9.17, 15) is 77.3 Å². The molecule has 39 heteroatoms. The molecule has 13 amide bonds. The number of carboxylic acid groups (broad SMARTS) is 1. The quantitative estimate of drug-likeness (QED) is 0.0167. The van der Waals surface area contributed by atoms with Crippen molar-refractivity contribution in [2.75, 3.05) is 52.4 Å². The fourth-order valence-corrected chi connectivity index (χ4v) is 12.6. The van der Waals surface area contributed by atoms with Crippen molar-refractivity contribution in [2.24, 2.45) is 56.0 Å². The van der Waals surface area contributed by atoms with Crippen LogP contribution in [0, 0.1) is 5.92 Å². The normalized spacial score (nSPS) is 18.0. The predicted molar refractivity (Wildman–Crippen MR) is 384 cm³/mol. The van der Waals surface area contributed by atoms with Crippen molar-refractivity contribution in [3.63, 3.8) is 0 Å². The number of nitrogens with one attached hydrogen (secondary N) is 10. The number of aromatic amines is 1. The summed E-state index contributed by atoms with van der Waals surface area (Å²) >= 11 is 0. The number of likely N-dealkylation sites (tertiary alicyclic amines) is 3. The van der Waals surface area contributed by atoms with Gasteiger partial charge < -0.3 is 118 Å². The lowest BCUT2D eigenvalue weighted by molar-refractivity contribution is -0.145. The van der Waals surface area contributed by atoms with E-state index in [1.165, 1.54) is 34.1 Å². The number of hydrogen-bond acceptors (Lipinski definition) is 20. The molecule has 2 aromatic rings. The highest BCUT2D eigenvalue weighted by molar-refractivity contribution is 6.00. The summed E-state index contributed by atoms with van der Waals surface area (Å²) in [6.45, 7) is 3.88. The molecule has 106 heavy (non-hydrogen) atoms. The van der Waals surface area contributed by atoms with Gasteiger partial charge in [-0.05, 0) is 121 Å². The molecule has 4 heterocycles. The van der Waals surface area contributed by atoms with Gasteiger partial charge in [0.1, 0.15) is 66.5 Å². The lowest BCUT2D eigenvalue weighted by atomic mass is 10.0. The first-order valence-electron chi connectivity index (χ1n) is 35.7. The average molecular weight is 1490 g/mol. The summed E-state index contributed by atoms with van der Waals surface area (Å²) in [5.41, 5.74) is 40.2. The third-order valence-electron chi connectivity index (χ3n) is 18.1. The number of guanidine groups is 2. The number of rotatable bonds is 44. The summed E-state index contributed by atoms with van der Waals surface area (Å²) in [4.78, 5) is 211. The number of imidazole rings is 1. The molecule has 12 atom stereocenters. The fraction of sp³-hybridized carbons (Fsp3) is 0.627. The second-order valence-electron chi connectivity index (χ2n) is 26.9. The minimum Gasteiger partial charge on any atom is -0.480 e. The van der Waals surface area contributed by atoms with Crippen LogP contribution in [-0.4, -0.2) is 254 Å². The Morgan fingerprint density at radius 2 is 1.05 bits per heavy atom. The number of H-pyrrole nitrogens is 1. The monoisotopic (exact) mass is 1490 g/mol. The molecule has 0 saturated carbocycles. The van der Waals surface area contributed by atoms with E-state index in [-0.39, 0.29) is 141 Å². The van der Waals surface area contributed by atoms with Gasteiger partial charge in [-0.1, -0.05) is 44.2 Å². The van der Waals surface area contributed by atoms with Crippen molar-refractivity contribution >= 4 is 94.7 Å². The number of aliphatic hydroxyl groups is 1. The third kappa shape index (κ3) is 27.8. The molecule has 1 aromatic carbocycles. The zero-order valence-corrected chi connectivity index (χ0v) is 60.3. The molecule has 1 aromatic heterocycles. The van der Waals surface area contributed by atoms with E-state index in [2.05, 4.69) is 67.8 Å². The smallest absolute Gasteiger partial charge is 0.326 e. The molecule has 3 aliphatic heterocycles. The summed E-state index contributed by atoms with van der Waals surface area (Å²) in [5, 5.41) is 44.0. The second-order valence-corrected chi connectivity index (χ2v) is 26.9. The molecular formula is C67H107N23O16. The molecule has 3 fully saturated rings. The van der Waals surface area contributed by atoms with Crippen LogP contribution >= 0.6 is 0 Å². The molecule has 39 nitrogen and oxygen atoms in total. The van der Waals surface area contributed by atoms with E-state index in [0.29, 0.717) is 43.4 Å². The van der Waals surface area contributed by atoms with Crippen LogP contribution in [0.25, 0.3) is 0 Å². The van der Waals surface area contributed by atoms with Gasteiger partial charge in [0.25, 0.3) is 0 Å². The molecule has 26 N–H and O–H groups in total. The van der Waals surface area contributed by atoms with Gasteiger partial charge in [-0.15, -0.1) is 0 Å². The average Bonchev–Trinajstić information content (AvgIpc) is 1.63. The van der Waals surface area contributed by atoms with E-state index in [4.69, 9.17) is 40.1 Å². The molecular weight excluding hydrogens is 1380 g/mol. The summed E-state index contributed by atoms with van der Waals surface area (Å²) in [7, 11) is 0. The van der Waals surface area contributed by atoms with E-state index >= 15 is 0 Å². The maximum Gasteiger partial charge on any atom is 0.326 e. The first-order chi connectivity index (χ1) is 50.4. The molecule has 0 radical (unpaired) electrons. The Morgan fingerprint density at radius 1 is 0.557 bits per heavy atom. The molecule has 0 bridgehead atoms. The Hall–Kier alpha value is -10.6. The van der Waals surface area contributed by atoms with Crippen molar-refractivity contribution in [3.8, 4) is 0 Å². The highest BCUT2D eigenvalue weighted by atomic mass is 16.4. The fourth-order valence-electron chi connectivity index (χ4n) is 12.6. The van der Waals surface area contributed by atoms with Crippen molar-refractivity contribution in [2.45, 2.75) is 209 Å². The maximum atomic E-state index is 14.5. The number of aliphatic carboxylic acids is 1. The van der Waals surface area contributed by atoms with Crippen molar-refractivity contribution < 1.29 is 77.3 Å². The highest BCUT2D eigenvalue weighted by Gasteiger charge is 2.43. The van der Waals surface area contributed by atoms with Crippen LogP contribution in [0.2, 0.25) is 0 Å². The minimum atomic E-state index is -1.78. The van der Waals surface area contributed by atoms with Crippen LogP contribution in [0.1, 0.15) is 135 Å². The van der Waals surface area contributed by atoms with Crippen LogP contribution in [0.3, 0.4) is 0 Å². The number of carbonyl (C=O) groups excluding carboxylic acids is 13. The molecule has 3 aliphatic rings. The summed E-state index contributed by atoms with van der Waals surface area (Å²) < 4.78 is 0. The van der Waals surface area contributed by atoms with Gasteiger partial charge in [0.05, 0.1) is 25.5 Å². The molecule has 0 aliphatic carbocycles. The lowest BCUT2D eigenvalue weighted by Gasteiger charge is -2.31. The zero-order chi connectivity index (χ0) is 78.2. The van der Waals surface area contributed by atoms with E-state index in [1.807, 2.05) is 0 Å². The Labute approximate surface area is 613 Å². The number of unbranched alkanes of at least 4 members (excludes halogenated alkanes) is 1. The number of primary amides is 1. The van der Waals surface area contributed by atoms with E-state index < -0.39 is 168 Å².